The lowest BCUT2D eigenvalue weighted by Crippen LogP contribution is -2.33. The monoisotopic (exact) mass is 398 g/mol. The number of aliphatic imine (C=N–C) groups is 1. The predicted octanol–water partition coefficient (Wildman–Crippen LogP) is 1.82. The average molecular weight is 398 g/mol. The minimum absolute atomic E-state index is 0.0567. The number of aromatic hydroxyl groups is 1. The normalized spacial score (nSPS) is 19.1. The quantitative estimate of drug-likeness (QED) is 0.361. The molecule has 0 spiro atoms. The second kappa shape index (κ2) is 10.5. The maximum atomic E-state index is 11.3. The number of para-hydroxylation sites is 1. The Morgan fingerprint density at radius 2 is 1.96 bits per heavy atom. The van der Waals surface area contributed by atoms with E-state index < -0.39 is 11.5 Å². The minimum Gasteiger partial charge on any atom is -0.505 e. The molecule has 0 amide bonds. The van der Waals surface area contributed by atoms with Crippen LogP contribution in [0.1, 0.15) is 12.5 Å². The van der Waals surface area contributed by atoms with Crippen molar-refractivity contribution in [1.82, 2.24) is 0 Å². The zero-order valence-electron chi connectivity index (χ0n) is 15.6. The van der Waals surface area contributed by atoms with Crippen molar-refractivity contribution in [3.05, 3.63) is 23.8 Å². The van der Waals surface area contributed by atoms with E-state index in [1.165, 1.54) is 11.8 Å². The zero-order chi connectivity index (χ0) is 19.7. The number of aliphatic carboxylic acids is 1. The van der Waals surface area contributed by atoms with Gasteiger partial charge in [-0.1, -0.05) is 6.07 Å². The molecule has 8 nitrogen and oxygen atoms in total. The number of carboxylic acid groups (broad SMARTS) is 1. The Morgan fingerprint density at radius 1 is 1.26 bits per heavy atom. The minimum atomic E-state index is -1.16. The molecule has 0 saturated carbocycles. The molecule has 1 unspecified atom stereocenters. The SMILES string of the molecule is COCCOCCOCCNc1cccc(C2=NC(C)(C(=O)O)CS2)c1O. The van der Waals surface area contributed by atoms with Gasteiger partial charge in [0.05, 0.1) is 44.3 Å². The molecule has 0 radical (unpaired) electrons. The maximum absolute atomic E-state index is 11.3. The summed E-state index contributed by atoms with van der Waals surface area (Å²) in [5, 5.41) is 23.4. The van der Waals surface area contributed by atoms with Crippen LogP contribution in [0.3, 0.4) is 0 Å². The third kappa shape index (κ3) is 6.10. The highest BCUT2D eigenvalue weighted by atomic mass is 32.2. The van der Waals surface area contributed by atoms with Gasteiger partial charge in [0.1, 0.15) is 10.8 Å². The second-order valence-corrected chi connectivity index (χ2v) is 7.09. The van der Waals surface area contributed by atoms with Crippen molar-refractivity contribution >= 4 is 28.5 Å². The first-order chi connectivity index (χ1) is 13.0. The van der Waals surface area contributed by atoms with Gasteiger partial charge < -0.3 is 29.7 Å². The van der Waals surface area contributed by atoms with Crippen LogP contribution >= 0.6 is 11.8 Å². The fraction of sp³-hybridized carbons (Fsp3) is 0.556. The van der Waals surface area contributed by atoms with Crippen LogP contribution in [0.4, 0.5) is 5.69 Å². The molecule has 0 aliphatic carbocycles. The summed E-state index contributed by atoms with van der Waals surface area (Å²) >= 11 is 1.33. The van der Waals surface area contributed by atoms with Crippen LogP contribution in [0.2, 0.25) is 0 Å². The molecule has 0 bridgehead atoms. The number of methoxy groups -OCH3 is 1. The number of hydrogen-bond acceptors (Lipinski definition) is 8. The highest BCUT2D eigenvalue weighted by Gasteiger charge is 2.39. The van der Waals surface area contributed by atoms with E-state index in [9.17, 15) is 15.0 Å². The highest BCUT2D eigenvalue weighted by Crippen LogP contribution is 2.36. The number of nitrogens with zero attached hydrogens (tertiary/aromatic N) is 1. The lowest BCUT2D eigenvalue weighted by atomic mass is 10.1. The number of carbonyl (C=O) groups is 1. The van der Waals surface area contributed by atoms with Crippen LogP contribution in [0.15, 0.2) is 23.2 Å². The summed E-state index contributed by atoms with van der Waals surface area (Å²) in [6.07, 6.45) is 0. The van der Waals surface area contributed by atoms with E-state index in [2.05, 4.69) is 10.3 Å². The van der Waals surface area contributed by atoms with Crippen molar-refractivity contribution in [3.63, 3.8) is 0 Å². The van der Waals surface area contributed by atoms with E-state index in [4.69, 9.17) is 14.2 Å². The number of carboxylic acids is 1. The second-order valence-electron chi connectivity index (χ2n) is 6.13. The predicted molar refractivity (Wildman–Crippen MR) is 105 cm³/mol. The number of hydrogen-bond donors (Lipinski definition) is 3. The number of rotatable bonds is 12. The molecule has 0 aromatic heterocycles. The van der Waals surface area contributed by atoms with Gasteiger partial charge >= 0.3 is 5.97 Å². The molecule has 0 saturated heterocycles. The number of anilines is 1. The van der Waals surface area contributed by atoms with Gasteiger partial charge in [-0.15, -0.1) is 11.8 Å². The van der Waals surface area contributed by atoms with Crippen LogP contribution in [0.5, 0.6) is 5.75 Å². The number of phenolic OH excluding ortho intramolecular Hbond substituents is 1. The molecule has 1 atom stereocenters. The van der Waals surface area contributed by atoms with Gasteiger partial charge in [0.25, 0.3) is 0 Å². The van der Waals surface area contributed by atoms with Gasteiger partial charge in [0.2, 0.25) is 0 Å². The molecular formula is C18H26N2O6S. The van der Waals surface area contributed by atoms with Crippen molar-refractivity contribution in [2.45, 2.75) is 12.5 Å². The van der Waals surface area contributed by atoms with E-state index in [0.29, 0.717) is 61.6 Å². The van der Waals surface area contributed by atoms with Crippen molar-refractivity contribution in [1.29, 1.82) is 0 Å². The van der Waals surface area contributed by atoms with Crippen molar-refractivity contribution in [3.8, 4) is 5.75 Å². The molecule has 1 aliphatic rings. The Kier molecular flexibility index (Phi) is 8.36. The maximum Gasteiger partial charge on any atom is 0.332 e. The fourth-order valence-electron chi connectivity index (χ4n) is 2.33. The topological polar surface area (TPSA) is 110 Å². The zero-order valence-corrected chi connectivity index (χ0v) is 16.4. The lowest BCUT2D eigenvalue weighted by Gasteiger charge is -2.13. The summed E-state index contributed by atoms with van der Waals surface area (Å²) in [5.74, 6) is -0.571. The van der Waals surface area contributed by atoms with E-state index in [1.807, 2.05) is 0 Å². The van der Waals surface area contributed by atoms with Crippen LogP contribution in [-0.4, -0.2) is 79.2 Å². The van der Waals surface area contributed by atoms with Gasteiger partial charge in [-0.3, -0.25) is 4.99 Å². The van der Waals surface area contributed by atoms with E-state index in [0.717, 1.165) is 0 Å². The number of nitrogens with one attached hydrogen (secondary N) is 1. The van der Waals surface area contributed by atoms with Crippen LogP contribution in [0.25, 0.3) is 0 Å². The highest BCUT2D eigenvalue weighted by molar-refractivity contribution is 8.14. The average Bonchev–Trinajstić information content (AvgIpc) is 3.05. The summed E-state index contributed by atoms with van der Waals surface area (Å²) in [7, 11) is 1.62. The molecule has 1 heterocycles. The van der Waals surface area contributed by atoms with Crippen molar-refractivity contribution in [2.24, 2.45) is 4.99 Å². The molecule has 1 aliphatic heterocycles. The molecule has 9 heteroatoms. The molecule has 27 heavy (non-hydrogen) atoms. The summed E-state index contributed by atoms with van der Waals surface area (Å²) in [6.45, 7) is 4.65. The van der Waals surface area contributed by atoms with E-state index in [1.54, 1.807) is 32.2 Å². The van der Waals surface area contributed by atoms with Gasteiger partial charge in [0, 0.05) is 19.4 Å². The van der Waals surface area contributed by atoms with Gasteiger partial charge in [-0.2, -0.15) is 0 Å². The Bertz CT molecular complexity index is 669. The van der Waals surface area contributed by atoms with Gasteiger partial charge in [-0.25, -0.2) is 4.79 Å². The number of thioether (sulfide) groups is 1. The molecule has 2 rings (SSSR count). The Labute approximate surface area is 162 Å². The number of phenols is 1. The smallest absolute Gasteiger partial charge is 0.332 e. The molecule has 1 aromatic rings. The summed E-state index contributed by atoms with van der Waals surface area (Å²) in [4.78, 5) is 15.6. The first-order valence-electron chi connectivity index (χ1n) is 8.64. The van der Waals surface area contributed by atoms with E-state index >= 15 is 0 Å². The summed E-state index contributed by atoms with van der Waals surface area (Å²) in [5.41, 5.74) is -0.0724. The molecular weight excluding hydrogens is 372 g/mol. The Hall–Kier alpha value is -1.81. The third-order valence-electron chi connectivity index (χ3n) is 3.93. The molecule has 0 fully saturated rings. The number of benzene rings is 1. The first kappa shape index (κ1) is 21.5. The summed E-state index contributed by atoms with van der Waals surface area (Å²) < 4.78 is 15.6. The Balaban J connectivity index is 1.83. The van der Waals surface area contributed by atoms with Crippen LogP contribution in [0, 0.1) is 0 Å². The van der Waals surface area contributed by atoms with Crippen LogP contribution < -0.4 is 5.32 Å². The molecule has 1 aromatic carbocycles. The summed E-state index contributed by atoms with van der Waals surface area (Å²) in [6, 6.07) is 5.28. The van der Waals surface area contributed by atoms with Gasteiger partial charge in [0.15, 0.2) is 5.54 Å². The number of ether oxygens (including phenoxy) is 3. The molecule has 3 N–H and O–H groups in total. The standard InChI is InChI=1S/C18H26N2O6S/c1-18(17(22)23)12-27-16(20-18)13-4-3-5-14(15(13)21)19-6-7-25-10-11-26-9-8-24-2/h3-5,19,21H,6-12H2,1-2H3,(H,22,23). The van der Waals surface area contributed by atoms with E-state index in [-0.39, 0.29) is 5.75 Å². The van der Waals surface area contributed by atoms with Crippen molar-refractivity contribution < 1.29 is 29.2 Å². The van der Waals surface area contributed by atoms with Crippen molar-refractivity contribution in [2.75, 3.05) is 57.8 Å². The Morgan fingerprint density at radius 3 is 2.63 bits per heavy atom. The third-order valence-corrected chi connectivity index (χ3v) is 5.22. The fourth-order valence-corrected chi connectivity index (χ4v) is 3.52. The largest absolute Gasteiger partial charge is 0.505 e. The lowest BCUT2D eigenvalue weighted by molar-refractivity contribution is -0.141. The molecule has 150 valence electrons. The van der Waals surface area contributed by atoms with Crippen LogP contribution in [-0.2, 0) is 19.0 Å². The van der Waals surface area contributed by atoms with Gasteiger partial charge in [-0.05, 0) is 19.1 Å². The first-order valence-corrected chi connectivity index (χ1v) is 9.63.